The van der Waals surface area contributed by atoms with Crippen molar-refractivity contribution in [3.63, 3.8) is 0 Å². The third-order valence-corrected chi connectivity index (χ3v) is 3.36. The summed E-state index contributed by atoms with van der Waals surface area (Å²) >= 11 is 3.36. The zero-order valence-electron chi connectivity index (χ0n) is 9.48. The van der Waals surface area contributed by atoms with Crippen LogP contribution < -0.4 is 11.1 Å². The van der Waals surface area contributed by atoms with Crippen LogP contribution in [0.4, 0.5) is 11.4 Å². The van der Waals surface area contributed by atoms with Crippen molar-refractivity contribution in [2.45, 2.75) is 12.8 Å². The lowest BCUT2D eigenvalue weighted by Gasteiger charge is -2.19. The number of nitrogen functional groups attached to an aromatic ring is 1. The lowest BCUT2D eigenvalue weighted by Crippen LogP contribution is -2.19. The van der Waals surface area contributed by atoms with E-state index in [2.05, 4.69) is 26.3 Å². The van der Waals surface area contributed by atoms with Gasteiger partial charge >= 0.3 is 0 Å². The summed E-state index contributed by atoms with van der Waals surface area (Å²) in [5.74, 6) is 0.0384. The third kappa shape index (κ3) is 1.88. The minimum Gasteiger partial charge on any atom is -0.397 e. The van der Waals surface area contributed by atoms with E-state index in [1.54, 1.807) is 16.9 Å². The van der Waals surface area contributed by atoms with E-state index in [1.807, 2.05) is 12.3 Å². The molecule has 1 aromatic heterocycles. The van der Waals surface area contributed by atoms with Crippen molar-refractivity contribution >= 4 is 33.2 Å². The second-order valence-corrected chi connectivity index (χ2v) is 5.14. The topological polar surface area (TPSA) is 72.9 Å². The van der Waals surface area contributed by atoms with Gasteiger partial charge in [0.2, 0.25) is 5.91 Å². The van der Waals surface area contributed by atoms with Crippen LogP contribution in [-0.4, -0.2) is 15.7 Å². The average Bonchev–Trinajstić information content (AvgIpc) is 2.74. The normalized spacial score (nSPS) is 14.2. The largest absolute Gasteiger partial charge is 0.397 e. The molecule has 1 aliphatic rings. The summed E-state index contributed by atoms with van der Waals surface area (Å²) in [6, 6.07) is 3.76. The van der Waals surface area contributed by atoms with Gasteiger partial charge in [0.05, 0.1) is 22.0 Å². The predicted molar refractivity (Wildman–Crippen MR) is 72.6 cm³/mol. The van der Waals surface area contributed by atoms with Crippen molar-refractivity contribution in [2.75, 3.05) is 11.1 Å². The Balaban J connectivity index is 2.09. The number of hydrogen-bond donors (Lipinski definition) is 2. The van der Waals surface area contributed by atoms with E-state index in [9.17, 15) is 4.79 Å². The SMILES string of the molecule is Nc1cc2c(cc1-n1cc(Br)cn1)CCC(=O)N2. The number of halogens is 1. The molecule has 0 spiro atoms. The fourth-order valence-electron chi connectivity index (χ4n) is 2.06. The number of nitrogens with two attached hydrogens (primary N) is 1. The van der Waals surface area contributed by atoms with Crippen LogP contribution in [0, 0.1) is 0 Å². The zero-order chi connectivity index (χ0) is 12.7. The summed E-state index contributed by atoms with van der Waals surface area (Å²) < 4.78 is 2.61. The maximum atomic E-state index is 11.3. The molecule has 2 aromatic rings. The minimum atomic E-state index is 0.0384. The number of rotatable bonds is 1. The smallest absolute Gasteiger partial charge is 0.224 e. The second kappa shape index (κ2) is 4.13. The highest BCUT2D eigenvalue weighted by Crippen LogP contribution is 2.30. The van der Waals surface area contributed by atoms with Gasteiger partial charge in [0.1, 0.15) is 0 Å². The summed E-state index contributed by atoms with van der Waals surface area (Å²) in [7, 11) is 0. The molecule has 1 amide bonds. The Morgan fingerprint density at radius 1 is 1.39 bits per heavy atom. The standard InChI is InChI=1S/C12H11BrN4O/c13-8-5-15-17(6-8)11-3-7-1-2-12(18)16-10(7)4-9(11)14/h3-6H,1-2,14H2,(H,16,18). The highest BCUT2D eigenvalue weighted by atomic mass is 79.9. The third-order valence-electron chi connectivity index (χ3n) is 2.95. The monoisotopic (exact) mass is 306 g/mol. The maximum absolute atomic E-state index is 11.3. The molecule has 0 saturated heterocycles. The average molecular weight is 307 g/mol. The van der Waals surface area contributed by atoms with Gasteiger partial charge in [-0.25, -0.2) is 4.68 Å². The minimum absolute atomic E-state index is 0.0384. The Labute approximate surface area is 112 Å². The molecule has 1 aromatic carbocycles. The summed E-state index contributed by atoms with van der Waals surface area (Å²) in [4.78, 5) is 11.3. The number of aryl methyl sites for hydroxylation is 1. The van der Waals surface area contributed by atoms with Crippen molar-refractivity contribution < 1.29 is 4.79 Å². The molecular formula is C12H11BrN4O. The first-order chi connectivity index (χ1) is 8.63. The van der Waals surface area contributed by atoms with E-state index in [1.165, 1.54) is 0 Å². The van der Waals surface area contributed by atoms with Crippen LogP contribution in [0.3, 0.4) is 0 Å². The number of anilines is 2. The van der Waals surface area contributed by atoms with E-state index in [4.69, 9.17) is 5.73 Å². The first-order valence-corrected chi connectivity index (χ1v) is 6.35. The van der Waals surface area contributed by atoms with Crippen LogP contribution in [0.25, 0.3) is 5.69 Å². The molecule has 92 valence electrons. The molecule has 5 nitrogen and oxygen atoms in total. The Morgan fingerprint density at radius 3 is 2.94 bits per heavy atom. The van der Waals surface area contributed by atoms with Crippen LogP contribution in [0.15, 0.2) is 29.0 Å². The molecule has 18 heavy (non-hydrogen) atoms. The number of nitrogens with zero attached hydrogens (tertiary/aromatic N) is 2. The van der Waals surface area contributed by atoms with Gasteiger partial charge in [0.15, 0.2) is 0 Å². The summed E-state index contributed by atoms with van der Waals surface area (Å²) in [5, 5.41) is 7.04. The number of amides is 1. The quantitative estimate of drug-likeness (QED) is 0.793. The molecule has 0 fully saturated rings. The van der Waals surface area contributed by atoms with Crippen LogP contribution in [0.2, 0.25) is 0 Å². The number of aromatic nitrogens is 2. The molecule has 0 bridgehead atoms. The number of nitrogens with one attached hydrogen (secondary N) is 1. The molecule has 0 radical (unpaired) electrons. The maximum Gasteiger partial charge on any atom is 0.224 e. The molecule has 1 aliphatic heterocycles. The van der Waals surface area contributed by atoms with Crippen LogP contribution >= 0.6 is 15.9 Å². The predicted octanol–water partition coefficient (Wildman–Crippen LogP) is 2.10. The van der Waals surface area contributed by atoms with E-state index < -0.39 is 0 Å². The lowest BCUT2D eigenvalue weighted by atomic mass is 10.0. The van der Waals surface area contributed by atoms with Crippen molar-refractivity contribution in [1.82, 2.24) is 9.78 Å². The highest BCUT2D eigenvalue weighted by molar-refractivity contribution is 9.10. The molecule has 2 heterocycles. The first-order valence-electron chi connectivity index (χ1n) is 5.56. The van der Waals surface area contributed by atoms with E-state index in [-0.39, 0.29) is 5.91 Å². The van der Waals surface area contributed by atoms with Crippen molar-refractivity contribution in [3.05, 3.63) is 34.6 Å². The molecule has 0 atom stereocenters. The van der Waals surface area contributed by atoms with Crippen molar-refractivity contribution in [1.29, 1.82) is 0 Å². The molecular weight excluding hydrogens is 296 g/mol. The molecule has 3 rings (SSSR count). The Morgan fingerprint density at radius 2 is 2.22 bits per heavy atom. The fourth-order valence-corrected chi connectivity index (χ4v) is 2.35. The lowest BCUT2D eigenvalue weighted by molar-refractivity contribution is -0.116. The fraction of sp³-hybridized carbons (Fsp3) is 0.167. The number of carbonyl (C=O) groups is 1. The number of hydrogen-bond acceptors (Lipinski definition) is 3. The van der Waals surface area contributed by atoms with Gasteiger partial charge in [-0.1, -0.05) is 0 Å². The zero-order valence-corrected chi connectivity index (χ0v) is 11.1. The van der Waals surface area contributed by atoms with Gasteiger partial charge in [-0.05, 0) is 40.0 Å². The molecule has 0 saturated carbocycles. The first kappa shape index (κ1) is 11.3. The van der Waals surface area contributed by atoms with Gasteiger partial charge in [-0.15, -0.1) is 0 Å². The van der Waals surface area contributed by atoms with Crippen LogP contribution in [-0.2, 0) is 11.2 Å². The Kier molecular flexibility index (Phi) is 2.59. The van der Waals surface area contributed by atoms with E-state index in [0.717, 1.165) is 27.8 Å². The van der Waals surface area contributed by atoms with Crippen molar-refractivity contribution in [3.8, 4) is 5.69 Å². The second-order valence-electron chi connectivity index (χ2n) is 4.22. The van der Waals surface area contributed by atoms with Gasteiger partial charge in [0.25, 0.3) is 0 Å². The highest BCUT2D eigenvalue weighted by Gasteiger charge is 2.17. The molecule has 6 heteroatoms. The number of benzene rings is 1. The van der Waals surface area contributed by atoms with Crippen LogP contribution in [0.1, 0.15) is 12.0 Å². The van der Waals surface area contributed by atoms with Gasteiger partial charge in [-0.2, -0.15) is 5.10 Å². The molecule has 3 N–H and O–H groups in total. The van der Waals surface area contributed by atoms with Gasteiger partial charge in [0, 0.05) is 18.3 Å². The van der Waals surface area contributed by atoms with Gasteiger partial charge < -0.3 is 11.1 Å². The van der Waals surface area contributed by atoms with Gasteiger partial charge in [-0.3, -0.25) is 4.79 Å². The summed E-state index contributed by atoms with van der Waals surface area (Å²) in [6.07, 6.45) is 4.80. The number of carbonyl (C=O) groups excluding carboxylic acids is 1. The summed E-state index contributed by atoms with van der Waals surface area (Å²) in [5.41, 5.74) is 9.32. The molecule has 0 unspecified atom stereocenters. The molecule has 0 aliphatic carbocycles. The Hall–Kier alpha value is -1.82. The van der Waals surface area contributed by atoms with E-state index >= 15 is 0 Å². The Bertz CT molecular complexity index is 635. The summed E-state index contributed by atoms with van der Waals surface area (Å²) in [6.45, 7) is 0. The number of fused-ring (bicyclic) bond motifs is 1. The van der Waals surface area contributed by atoms with Crippen LogP contribution in [0.5, 0.6) is 0 Å². The van der Waals surface area contributed by atoms with E-state index in [0.29, 0.717) is 12.1 Å². The van der Waals surface area contributed by atoms with Crippen molar-refractivity contribution in [2.24, 2.45) is 0 Å².